The van der Waals surface area contributed by atoms with Crippen LogP contribution in [0.25, 0.3) is 0 Å². The molecular weight excluding hydrogens is 292 g/mol. The molecule has 0 bridgehead atoms. The fraction of sp³-hybridized carbons (Fsp3) is 0.286. The van der Waals surface area contributed by atoms with Gasteiger partial charge in [-0.25, -0.2) is 8.42 Å². The molecule has 0 amide bonds. The second-order valence-corrected chi connectivity index (χ2v) is 7.45. The van der Waals surface area contributed by atoms with E-state index in [1.165, 1.54) is 16.9 Å². The summed E-state index contributed by atoms with van der Waals surface area (Å²) in [5, 5.41) is 1.73. The van der Waals surface area contributed by atoms with Crippen LogP contribution in [0.5, 0.6) is 0 Å². The van der Waals surface area contributed by atoms with E-state index in [1.54, 1.807) is 23.6 Å². The molecule has 108 valence electrons. The van der Waals surface area contributed by atoms with Gasteiger partial charge in [0.25, 0.3) is 10.0 Å². The van der Waals surface area contributed by atoms with E-state index in [1.807, 2.05) is 12.1 Å². The Bertz CT molecular complexity index is 673. The van der Waals surface area contributed by atoms with E-state index < -0.39 is 10.0 Å². The van der Waals surface area contributed by atoms with Gasteiger partial charge < -0.3 is 5.73 Å². The Morgan fingerprint density at radius 2 is 1.85 bits per heavy atom. The van der Waals surface area contributed by atoms with Gasteiger partial charge in [0, 0.05) is 17.1 Å². The molecule has 0 saturated heterocycles. The maximum Gasteiger partial charge on any atom is 0.263 e. The summed E-state index contributed by atoms with van der Waals surface area (Å²) >= 11 is 1.35. The lowest BCUT2D eigenvalue weighted by atomic mass is 10.0. The van der Waals surface area contributed by atoms with Crippen molar-refractivity contribution in [2.24, 2.45) is 5.73 Å². The Kier molecular flexibility index (Phi) is 4.47. The summed E-state index contributed by atoms with van der Waals surface area (Å²) in [5.41, 5.74) is 7.29. The van der Waals surface area contributed by atoms with Crippen LogP contribution in [0.4, 0.5) is 5.69 Å². The number of benzene rings is 1. The van der Waals surface area contributed by atoms with E-state index in [2.05, 4.69) is 18.6 Å². The van der Waals surface area contributed by atoms with Gasteiger partial charge in [0.05, 0.1) is 0 Å². The summed E-state index contributed by atoms with van der Waals surface area (Å²) in [6.45, 7) is 4.41. The third-order valence-electron chi connectivity index (χ3n) is 3.01. The standard InChI is InChI=1S/C14H18N2O2S2/c1-10(2)11-3-5-12(6-4-11)16-20(17,18)14-7-8-19-13(14)9-15/h3-8,10,16H,9,15H2,1-2H3. The van der Waals surface area contributed by atoms with Gasteiger partial charge in [0.15, 0.2) is 0 Å². The molecule has 0 atom stereocenters. The SMILES string of the molecule is CC(C)c1ccc(NS(=O)(=O)c2ccsc2CN)cc1. The summed E-state index contributed by atoms with van der Waals surface area (Å²) in [5.74, 6) is 0.418. The van der Waals surface area contributed by atoms with Gasteiger partial charge in [-0.05, 0) is 35.1 Å². The molecule has 0 spiro atoms. The van der Waals surface area contributed by atoms with E-state index in [9.17, 15) is 8.42 Å². The molecule has 0 radical (unpaired) electrons. The summed E-state index contributed by atoms with van der Waals surface area (Å²) in [4.78, 5) is 0.925. The lowest BCUT2D eigenvalue weighted by molar-refractivity contribution is 0.600. The fourth-order valence-electron chi connectivity index (χ4n) is 1.86. The van der Waals surface area contributed by atoms with Crippen molar-refractivity contribution < 1.29 is 8.42 Å². The van der Waals surface area contributed by atoms with Gasteiger partial charge in [-0.3, -0.25) is 4.72 Å². The summed E-state index contributed by atoms with van der Waals surface area (Å²) in [6.07, 6.45) is 0. The maximum atomic E-state index is 12.3. The van der Waals surface area contributed by atoms with E-state index >= 15 is 0 Å². The third-order valence-corrected chi connectivity index (χ3v) is 5.55. The molecule has 0 aliphatic rings. The quantitative estimate of drug-likeness (QED) is 0.891. The molecule has 20 heavy (non-hydrogen) atoms. The van der Waals surface area contributed by atoms with Crippen molar-refractivity contribution in [3.05, 3.63) is 46.2 Å². The Morgan fingerprint density at radius 3 is 2.40 bits per heavy atom. The van der Waals surface area contributed by atoms with Gasteiger partial charge in [-0.2, -0.15) is 0 Å². The second kappa shape index (κ2) is 5.95. The molecule has 0 aliphatic carbocycles. The van der Waals surface area contributed by atoms with Crippen molar-refractivity contribution >= 4 is 27.0 Å². The van der Waals surface area contributed by atoms with Crippen molar-refractivity contribution in [1.82, 2.24) is 0 Å². The summed E-state index contributed by atoms with van der Waals surface area (Å²) in [7, 11) is -3.57. The molecule has 1 heterocycles. The minimum Gasteiger partial charge on any atom is -0.326 e. The van der Waals surface area contributed by atoms with Gasteiger partial charge >= 0.3 is 0 Å². The predicted molar refractivity (Wildman–Crippen MR) is 83.5 cm³/mol. The number of sulfonamides is 1. The zero-order valence-corrected chi connectivity index (χ0v) is 13.1. The zero-order valence-electron chi connectivity index (χ0n) is 11.5. The number of nitrogens with one attached hydrogen (secondary N) is 1. The minimum atomic E-state index is -3.57. The van der Waals surface area contributed by atoms with Crippen LogP contribution in [0.1, 0.15) is 30.2 Å². The van der Waals surface area contributed by atoms with Crippen LogP contribution in [0.3, 0.4) is 0 Å². The van der Waals surface area contributed by atoms with Gasteiger partial charge in [-0.1, -0.05) is 26.0 Å². The van der Waals surface area contributed by atoms with E-state index in [0.717, 1.165) is 0 Å². The lowest BCUT2D eigenvalue weighted by Gasteiger charge is -2.10. The first kappa shape index (κ1) is 15.0. The Morgan fingerprint density at radius 1 is 1.20 bits per heavy atom. The van der Waals surface area contributed by atoms with Gasteiger partial charge in [0.2, 0.25) is 0 Å². The minimum absolute atomic E-state index is 0.222. The average Bonchev–Trinajstić information content (AvgIpc) is 2.88. The molecule has 2 rings (SSSR count). The molecule has 2 aromatic rings. The molecular formula is C14H18N2O2S2. The summed E-state index contributed by atoms with van der Waals surface area (Å²) in [6, 6.07) is 9.00. The molecule has 1 aromatic heterocycles. The largest absolute Gasteiger partial charge is 0.326 e. The number of hydrogen-bond acceptors (Lipinski definition) is 4. The molecule has 3 N–H and O–H groups in total. The van der Waals surface area contributed by atoms with E-state index in [4.69, 9.17) is 5.73 Å². The zero-order chi connectivity index (χ0) is 14.8. The van der Waals surface area contributed by atoms with Crippen LogP contribution < -0.4 is 10.5 Å². The van der Waals surface area contributed by atoms with Crippen molar-refractivity contribution in [3.8, 4) is 0 Å². The van der Waals surface area contributed by atoms with E-state index in [-0.39, 0.29) is 11.4 Å². The number of anilines is 1. The smallest absolute Gasteiger partial charge is 0.263 e. The number of hydrogen-bond donors (Lipinski definition) is 2. The number of rotatable bonds is 5. The topological polar surface area (TPSA) is 72.2 Å². The molecule has 0 saturated carbocycles. The first-order chi connectivity index (χ1) is 9.44. The van der Waals surface area contributed by atoms with Crippen LogP contribution in [0.2, 0.25) is 0 Å². The number of nitrogens with two attached hydrogens (primary N) is 1. The summed E-state index contributed by atoms with van der Waals surface area (Å²) < 4.78 is 27.2. The highest BCUT2D eigenvalue weighted by Crippen LogP contribution is 2.24. The van der Waals surface area contributed by atoms with Crippen LogP contribution >= 0.6 is 11.3 Å². The lowest BCUT2D eigenvalue weighted by Crippen LogP contribution is -2.14. The van der Waals surface area contributed by atoms with Crippen molar-refractivity contribution in [2.45, 2.75) is 31.2 Å². The van der Waals surface area contributed by atoms with Crippen molar-refractivity contribution in [3.63, 3.8) is 0 Å². The molecule has 1 aromatic carbocycles. The Balaban J connectivity index is 2.24. The highest BCUT2D eigenvalue weighted by Gasteiger charge is 2.19. The van der Waals surface area contributed by atoms with Crippen LogP contribution in [-0.2, 0) is 16.6 Å². The number of thiophene rings is 1. The highest BCUT2D eigenvalue weighted by molar-refractivity contribution is 7.93. The predicted octanol–water partition coefficient (Wildman–Crippen LogP) is 3.13. The third kappa shape index (κ3) is 3.20. The molecule has 4 nitrogen and oxygen atoms in total. The highest BCUT2D eigenvalue weighted by atomic mass is 32.2. The normalized spacial score (nSPS) is 11.8. The Hall–Kier alpha value is -1.37. The van der Waals surface area contributed by atoms with Crippen LogP contribution in [-0.4, -0.2) is 8.42 Å². The molecule has 0 aliphatic heterocycles. The van der Waals surface area contributed by atoms with Gasteiger partial charge in [0.1, 0.15) is 4.90 Å². The molecule has 0 fully saturated rings. The fourth-order valence-corrected chi connectivity index (χ4v) is 4.26. The van der Waals surface area contributed by atoms with Crippen LogP contribution in [0, 0.1) is 0 Å². The second-order valence-electron chi connectivity index (χ2n) is 4.79. The van der Waals surface area contributed by atoms with Gasteiger partial charge in [-0.15, -0.1) is 11.3 Å². The molecule has 6 heteroatoms. The Labute approximate surface area is 123 Å². The maximum absolute atomic E-state index is 12.3. The average molecular weight is 310 g/mol. The van der Waals surface area contributed by atoms with Crippen molar-refractivity contribution in [1.29, 1.82) is 0 Å². The molecule has 0 unspecified atom stereocenters. The van der Waals surface area contributed by atoms with E-state index in [0.29, 0.717) is 16.5 Å². The first-order valence-corrected chi connectivity index (χ1v) is 8.69. The van der Waals surface area contributed by atoms with Crippen molar-refractivity contribution in [2.75, 3.05) is 4.72 Å². The monoisotopic (exact) mass is 310 g/mol. The van der Waals surface area contributed by atoms with Crippen LogP contribution in [0.15, 0.2) is 40.6 Å². The first-order valence-electron chi connectivity index (χ1n) is 6.33.